The Morgan fingerprint density at radius 2 is 1.83 bits per heavy atom. The number of hydrogen-bond donors (Lipinski definition) is 1. The predicted octanol–water partition coefficient (Wildman–Crippen LogP) is 3.48. The van der Waals surface area contributed by atoms with Crippen LogP contribution >= 0.6 is 0 Å². The zero-order valence-electron chi connectivity index (χ0n) is 14.2. The van der Waals surface area contributed by atoms with Crippen molar-refractivity contribution in [1.82, 2.24) is 10.3 Å². The van der Waals surface area contributed by atoms with Crippen LogP contribution in [0.2, 0.25) is 0 Å². The summed E-state index contributed by atoms with van der Waals surface area (Å²) in [5, 5.41) is 3.19. The molecule has 2 aromatic rings. The molecule has 0 aliphatic heterocycles. The molecule has 0 amide bonds. The molecule has 1 heterocycles. The maximum atomic E-state index is 11.2. The first-order chi connectivity index (χ1) is 11.7. The van der Waals surface area contributed by atoms with Crippen molar-refractivity contribution in [2.24, 2.45) is 0 Å². The molecule has 0 saturated heterocycles. The molecule has 0 unspecified atom stereocenters. The Kier molecular flexibility index (Phi) is 7.23. The maximum Gasteiger partial charge on any atom is 0.307 e. The van der Waals surface area contributed by atoms with Gasteiger partial charge in [0, 0.05) is 25.4 Å². The lowest BCUT2D eigenvalue weighted by molar-refractivity contribution is -0.142. The summed E-state index contributed by atoms with van der Waals surface area (Å²) in [6.45, 7) is 5.58. The summed E-state index contributed by atoms with van der Waals surface area (Å²) >= 11 is 0. The summed E-state index contributed by atoms with van der Waals surface area (Å²) in [5.74, 6) is 1.16. The van der Waals surface area contributed by atoms with Crippen molar-refractivity contribution in [3.8, 4) is 11.6 Å². The Hall–Kier alpha value is -2.40. The molecule has 0 aliphatic carbocycles. The van der Waals surface area contributed by atoms with Crippen LogP contribution in [-0.2, 0) is 22.5 Å². The van der Waals surface area contributed by atoms with Gasteiger partial charge in [0.2, 0.25) is 5.88 Å². The Labute approximate surface area is 143 Å². The zero-order chi connectivity index (χ0) is 17.2. The van der Waals surface area contributed by atoms with Gasteiger partial charge in [-0.1, -0.05) is 25.1 Å². The Morgan fingerprint density at radius 1 is 1.08 bits per heavy atom. The third-order valence-corrected chi connectivity index (χ3v) is 3.49. The van der Waals surface area contributed by atoms with Crippen molar-refractivity contribution >= 4 is 5.97 Å². The van der Waals surface area contributed by atoms with Crippen LogP contribution in [0.4, 0.5) is 0 Å². The smallest absolute Gasteiger partial charge is 0.307 e. The summed E-state index contributed by atoms with van der Waals surface area (Å²) in [7, 11) is 0. The van der Waals surface area contributed by atoms with Crippen LogP contribution in [0.1, 0.15) is 31.4 Å². The molecular formula is C19H24N2O3. The van der Waals surface area contributed by atoms with Crippen molar-refractivity contribution < 1.29 is 14.3 Å². The van der Waals surface area contributed by atoms with Crippen molar-refractivity contribution in [3.63, 3.8) is 0 Å². The van der Waals surface area contributed by atoms with Gasteiger partial charge in [0.15, 0.2) is 0 Å². The van der Waals surface area contributed by atoms with E-state index in [-0.39, 0.29) is 5.97 Å². The minimum absolute atomic E-state index is 0.180. The zero-order valence-corrected chi connectivity index (χ0v) is 14.2. The number of pyridine rings is 1. The molecule has 1 aromatic carbocycles. The monoisotopic (exact) mass is 328 g/mol. The van der Waals surface area contributed by atoms with E-state index in [0.717, 1.165) is 17.7 Å². The molecule has 0 saturated carbocycles. The molecule has 0 radical (unpaired) electrons. The number of carbonyl (C=O) groups excluding carboxylic acids is 1. The van der Waals surface area contributed by atoms with Gasteiger partial charge in [-0.05, 0) is 36.6 Å². The lowest BCUT2D eigenvalue weighted by Gasteiger charge is -2.07. The van der Waals surface area contributed by atoms with E-state index < -0.39 is 0 Å². The summed E-state index contributed by atoms with van der Waals surface area (Å²) < 4.78 is 10.6. The molecule has 5 heteroatoms. The molecule has 0 bridgehead atoms. The summed E-state index contributed by atoms with van der Waals surface area (Å²) in [6, 6.07) is 11.8. The van der Waals surface area contributed by atoms with Gasteiger partial charge in [0.05, 0.1) is 13.0 Å². The van der Waals surface area contributed by atoms with Gasteiger partial charge < -0.3 is 14.8 Å². The lowest BCUT2D eigenvalue weighted by atomic mass is 10.2. The average molecular weight is 328 g/mol. The van der Waals surface area contributed by atoms with E-state index in [1.165, 1.54) is 5.56 Å². The Morgan fingerprint density at radius 3 is 2.46 bits per heavy atom. The molecule has 128 valence electrons. The van der Waals surface area contributed by atoms with E-state index in [4.69, 9.17) is 9.47 Å². The van der Waals surface area contributed by atoms with Crippen molar-refractivity contribution in [2.45, 2.75) is 33.2 Å². The van der Waals surface area contributed by atoms with Gasteiger partial charge in [-0.25, -0.2) is 4.98 Å². The third kappa shape index (κ3) is 6.01. The molecule has 1 aromatic heterocycles. The molecule has 0 atom stereocenters. The third-order valence-electron chi connectivity index (χ3n) is 3.49. The Bertz CT molecular complexity index is 624. The van der Waals surface area contributed by atoms with Gasteiger partial charge in [-0.3, -0.25) is 4.79 Å². The Balaban J connectivity index is 1.76. The number of esters is 1. The standard InChI is InChI=1S/C19H24N2O3/c1-3-15-5-8-17(9-6-15)24-18-10-7-16(14-21-18)13-20-12-11-19(22)23-4-2/h5-10,14,20H,3-4,11-13H2,1-2H3. The molecule has 0 fully saturated rings. The maximum absolute atomic E-state index is 11.2. The number of hydrogen-bond acceptors (Lipinski definition) is 5. The highest BCUT2D eigenvalue weighted by molar-refractivity contribution is 5.69. The second kappa shape index (κ2) is 9.67. The quantitative estimate of drug-likeness (QED) is 0.564. The van der Waals surface area contributed by atoms with Crippen LogP contribution in [0.15, 0.2) is 42.6 Å². The van der Waals surface area contributed by atoms with Gasteiger partial charge in [-0.2, -0.15) is 0 Å². The van der Waals surface area contributed by atoms with Gasteiger partial charge in [0.1, 0.15) is 5.75 Å². The van der Waals surface area contributed by atoms with E-state index in [0.29, 0.717) is 32.0 Å². The van der Waals surface area contributed by atoms with Crippen molar-refractivity contribution in [1.29, 1.82) is 0 Å². The number of aromatic nitrogens is 1. The van der Waals surface area contributed by atoms with E-state index in [1.807, 2.05) is 24.3 Å². The van der Waals surface area contributed by atoms with Gasteiger partial charge in [0.25, 0.3) is 0 Å². The number of benzene rings is 1. The highest BCUT2D eigenvalue weighted by atomic mass is 16.5. The number of carbonyl (C=O) groups is 1. The van der Waals surface area contributed by atoms with Crippen LogP contribution in [0.25, 0.3) is 0 Å². The lowest BCUT2D eigenvalue weighted by Crippen LogP contribution is -2.19. The predicted molar refractivity (Wildman–Crippen MR) is 93.1 cm³/mol. The van der Waals surface area contributed by atoms with Gasteiger partial charge in [-0.15, -0.1) is 0 Å². The fraction of sp³-hybridized carbons (Fsp3) is 0.368. The molecule has 5 nitrogen and oxygen atoms in total. The number of rotatable bonds is 9. The first-order valence-corrected chi connectivity index (χ1v) is 8.29. The fourth-order valence-corrected chi connectivity index (χ4v) is 2.15. The second-order valence-corrected chi connectivity index (χ2v) is 5.34. The minimum atomic E-state index is -0.180. The average Bonchev–Trinajstić information content (AvgIpc) is 2.61. The van der Waals surface area contributed by atoms with Gasteiger partial charge >= 0.3 is 5.97 Å². The SMILES string of the molecule is CCOC(=O)CCNCc1ccc(Oc2ccc(CC)cc2)nc1. The number of nitrogens with zero attached hydrogens (tertiary/aromatic N) is 1. The molecule has 0 aliphatic rings. The first kappa shape index (κ1) is 17.9. The molecule has 0 spiro atoms. The van der Waals surface area contributed by atoms with Crippen LogP contribution < -0.4 is 10.1 Å². The number of nitrogens with one attached hydrogen (secondary N) is 1. The normalized spacial score (nSPS) is 10.4. The topological polar surface area (TPSA) is 60.5 Å². The number of ether oxygens (including phenoxy) is 2. The van der Waals surface area contributed by atoms with Crippen LogP contribution in [0.5, 0.6) is 11.6 Å². The molecular weight excluding hydrogens is 304 g/mol. The van der Waals surface area contributed by atoms with E-state index in [2.05, 4.69) is 29.4 Å². The minimum Gasteiger partial charge on any atom is -0.466 e. The molecule has 24 heavy (non-hydrogen) atoms. The molecule has 2 rings (SSSR count). The van der Waals surface area contributed by atoms with Crippen molar-refractivity contribution in [2.75, 3.05) is 13.2 Å². The van der Waals surface area contributed by atoms with E-state index in [9.17, 15) is 4.79 Å². The van der Waals surface area contributed by atoms with Crippen LogP contribution in [-0.4, -0.2) is 24.1 Å². The number of aryl methyl sites for hydroxylation is 1. The first-order valence-electron chi connectivity index (χ1n) is 8.29. The largest absolute Gasteiger partial charge is 0.466 e. The van der Waals surface area contributed by atoms with Crippen molar-refractivity contribution in [3.05, 3.63) is 53.7 Å². The summed E-state index contributed by atoms with van der Waals surface area (Å²) in [4.78, 5) is 15.5. The summed E-state index contributed by atoms with van der Waals surface area (Å²) in [6.07, 6.45) is 3.15. The van der Waals surface area contributed by atoms with Crippen LogP contribution in [0.3, 0.4) is 0 Å². The highest BCUT2D eigenvalue weighted by Gasteiger charge is 2.02. The van der Waals surface area contributed by atoms with E-state index >= 15 is 0 Å². The fourth-order valence-electron chi connectivity index (χ4n) is 2.15. The molecule has 1 N–H and O–H groups in total. The highest BCUT2D eigenvalue weighted by Crippen LogP contribution is 2.20. The second-order valence-electron chi connectivity index (χ2n) is 5.34. The summed E-state index contributed by atoms with van der Waals surface area (Å²) in [5.41, 5.74) is 2.31. The van der Waals surface area contributed by atoms with Crippen LogP contribution in [0, 0.1) is 0 Å². The van der Waals surface area contributed by atoms with E-state index in [1.54, 1.807) is 13.1 Å².